The number of carbonyl (C=O) groups is 1. The molecule has 1 fully saturated rings. The third-order valence-corrected chi connectivity index (χ3v) is 4.69. The van der Waals surface area contributed by atoms with E-state index in [0.717, 1.165) is 31.6 Å². The average molecular weight is 297 g/mol. The van der Waals surface area contributed by atoms with Gasteiger partial charge < -0.3 is 0 Å². The van der Waals surface area contributed by atoms with Crippen LogP contribution in [0.4, 0.5) is 4.39 Å². The van der Waals surface area contributed by atoms with Gasteiger partial charge in [0.05, 0.1) is 5.02 Å². The lowest BCUT2D eigenvalue weighted by molar-refractivity contribution is -0.123. The smallest absolute Gasteiger partial charge is 0.145 e. The van der Waals surface area contributed by atoms with Crippen molar-refractivity contribution < 1.29 is 9.18 Å². The van der Waals surface area contributed by atoms with Crippen molar-refractivity contribution in [2.75, 3.05) is 0 Å². The van der Waals surface area contributed by atoms with Crippen molar-refractivity contribution in [1.29, 1.82) is 0 Å². The molecule has 0 aromatic heterocycles. The van der Waals surface area contributed by atoms with E-state index in [1.807, 2.05) is 0 Å². The Balaban J connectivity index is 1.91. The van der Waals surface area contributed by atoms with Gasteiger partial charge in [-0.3, -0.25) is 4.79 Å². The second-order valence-corrected chi connectivity index (χ2v) is 6.27. The van der Waals surface area contributed by atoms with Crippen LogP contribution in [0.15, 0.2) is 18.2 Å². The summed E-state index contributed by atoms with van der Waals surface area (Å²) in [4.78, 5) is 12.3. The molecule has 110 valence electrons. The summed E-state index contributed by atoms with van der Waals surface area (Å²) in [5, 5.41) is 0.0990. The first-order valence-corrected chi connectivity index (χ1v) is 7.95. The van der Waals surface area contributed by atoms with Crippen molar-refractivity contribution in [3.05, 3.63) is 34.6 Å². The number of rotatable bonds is 5. The van der Waals surface area contributed by atoms with Crippen molar-refractivity contribution >= 4 is 17.4 Å². The molecule has 0 radical (unpaired) electrons. The highest BCUT2D eigenvalue weighted by molar-refractivity contribution is 6.30. The van der Waals surface area contributed by atoms with Crippen molar-refractivity contribution in [3.63, 3.8) is 0 Å². The second kappa shape index (κ2) is 7.21. The zero-order chi connectivity index (χ0) is 14.5. The van der Waals surface area contributed by atoms with Gasteiger partial charge >= 0.3 is 0 Å². The fourth-order valence-corrected chi connectivity index (χ4v) is 3.39. The fourth-order valence-electron chi connectivity index (χ4n) is 3.20. The largest absolute Gasteiger partial charge is 0.299 e. The monoisotopic (exact) mass is 296 g/mol. The van der Waals surface area contributed by atoms with Crippen LogP contribution >= 0.6 is 11.6 Å². The number of ketones is 1. The molecule has 0 amide bonds. The highest BCUT2D eigenvalue weighted by atomic mass is 35.5. The van der Waals surface area contributed by atoms with Gasteiger partial charge in [0.1, 0.15) is 11.6 Å². The Morgan fingerprint density at radius 3 is 2.65 bits per heavy atom. The molecule has 1 aliphatic rings. The van der Waals surface area contributed by atoms with Crippen LogP contribution in [-0.2, 0) is 11.2 Å². The number of hydrogen-bond donors (Lipinski definition) is 0. The minimum absolute atomic E-state index is 0.0990. The number of benzene rings is 1. The summed E-state index contributed by atoms with van der Waals surface area (Å²) in [6, 6.07) is 4.87. The Morgan fingerprint density at radius 2 is 2.00 bits per heavy atom. The molecule has 0 aliphatic heterocycles. The lowest BCUT2D eigenvalue weighted by atomic mass is 9.77. The molecule has 20 heavy (non-hydrogen) atoms. The molecule has 1 aliphatic carbocycles. The van der Waals surface area contributed by atoms with Crippen LogP contribution < -0.4 is 0 Å². The molecular weight excluding hydrogens is 275 g/mol. The van der Waals surface area contributed by atoms with E-state index in [1.54, 1.807) is 12.1 Å². The number of carbonyl (C=O) groups excluding carboxylic acids is 1. The number of halogens is 2. The van der Waals surface area contributed by atoms with Crippen molar-refractivity contribution in [3.8, 4) is 0 Å². The molecule has 0 spiro atoms. The van der Waals surface area contributed by atoms with Gasteiger partial charge in [0.15, 0.2) is 0 Å². The first-order chi connectivity index (χ1) is 9.61. The highest BCUT2D eigenvalue weighted by Gasteiger charge is 2.26. The molecule has 2 rings (SSSR count). The molecule has 0 heterocycles. The Kier molecular flexibility index (Phi) is 5.59. The molecule has 1 saturated carbocycles. The Labute approximate surface area is 125 Å². The lowest BCUT2D eigenvalue weighted by Gasteiger charge is -2.27. The molecule has 0 N–H and O–H groups in total. The van der Waals surface area contributed by atoms with Crippen LogP contribution in [0.5, 0.6) is 0 Å². The van der Waals surface area contributed by atoms with Crippen molar-refractivity contribution in [2.45, 2.75) is 51.9 Å². The van der Waals surface area contributed by atoms with E-state index < -0.39 is 5.82 Å². The van der Waals surface area contributed by atoms with Crippen molar-refractivity contribution in [1.82, 2.24) is 0 Å². The van der Waals surface area contributed by atoms with Gasteiger partial charge in [-0.2, -0.15) is 0 Å². The van der Waals surface area contributed by atoms with Gasteiger partial charge in [-0.05, 0) is 43.2 Å². The van der Waals surface area contributed by atoms with E-state index in [-0.39, 0.29) is 23.1 Å². The van der Waals surface area contributed by atoms with Gasteiger partial charge in [0.25, 0.3) is 0 Å². The summed E-state index contributed by atoms with van der Waals surface area (Å²) in [5.74, 6) is 0.622. The maximum Gasteiger partial charge on any atom is 0.145 e. The maximum absolute atomic E-state index is 13.8. The lowest BCUT2D eigenvalue weighted by Crippen LogP contribution is -2.23. The molecule has 0 unspecified atom stereocenters. The zero-order valence-corrected chi connectivity index (χ0v) is 12.8. The summed E-state index contributed by atoms with van der Waals surface area (Å²) in [5.41, 5.74) is 0.429. The quantitative estimate of drug-likeness (QED) is 0.730. The molecular formula is C17H22ClFO. The summed E-state index contributed by atoms with van der Waals surface area (Å²) >= 11 is 5.75. The summed E-state index contributed by atoms with van der Waals surface area (Å²) in [6.45, 7) is 2.21. The fraction of sp³-hybridized carbons (Fsp3) is 0.588. The van der Waals surface area contributed by atoms with Gasteiger partial charge in [0, 0.05) is 12.3 Å². The van der Waals surface area contributed by atoms with E-state index >= 15 is 0 Å². The summed E-state index contributed by atoms with van der Waals surface area (Å²) < 4.78 is 13.8. The standard InChI is InChI=1S/C17H22ClFO/c1-2-4-12-7-9-13(10-8-12)16(20)11-14-5-3-6-15(18)17(14)19/h3,5-6,12-13H,2,4,7-11H2,1H3. The van der Waals surface area contributed by atoms with E-state index in [1.165, 1.54) is 18.9 Å². The van der Waals surface area contributed by atoms with Crippen LogP contribution in [0, 0.1) is 17.7 Å². The second-order valence-electron chi connectivity index (χ2n) is 5.86. The van der Waals surface area contributed by atoms with Crippen LogP contribution in [0.25, 0.3) is 0 Å². The summed E-state index contributed by atoms with van der Waals surface area (Å²) in [6.07, 6.45) is 6.87. The normalized spacial score (nSPS) is 22.8. The molecule has 0 atom stereocenters. The first kappa shape index (κ1) is 15.5. The van der Waals surface area contributed by atoms with Gasteiger partial charge in [0.2, 0.25) is 0 Å². The van der Waals surface area contributed by atoms with Gasteiger partial charge in [-0.25, -0.2) is 4.39 Å². The van der Waals surface area contributed by atoms with E-state index in [4.69, 9.17) is 11.6 Å². The van der Waals surface area contributed by atoms with E-state index in [0.29, 0.717) is 5.56 Å². The first-order valence-electron chi connectivity index (χ1n) is 7.57. The number of hydrogen-bond acceptors (Lipinski definition) is 1. The minimum Gasteiger partial charge on any atom is -0.299 e. The van der Waals surface area contributed by atoms with Crippen LogP contribution in [0.1, 0.15) is 51.0 Å². The maximum atomic E-state index is 13.8. The number of Topliss-reactive ketones (excluding diaryl/α,β-unsaturated/α-hetero) is 1. The Morgan fingerprint density at radius 1 is 1.30 bits per heavy atom. The molecule has 3 heteroatoms. The minimum atomic E-state index is -0.442. The third-order valence-electron chi connectivity index (χ3n) is 4.40. The zero-order valence-electron chi connectivity index (χ0n) is 12.0. The van der Waals surface area contributed by atoms with Crippen LogP contribution in [-0.4, -0.2) is 5.78 Å². The van der Waals surface area contributed by atoms with Crippen LogP contribution in [0.3, 0.4) is 0 Å². The Bertz CT molecular complexity index is 464. The summed E-state index contributed by atoms with van der Waals surface area (Å²) in [7, 11) is 0. The third kappa shape index (κ3) is 3.82. The molecule has 1 aromatic carbocycles. The Hall–Kier alpha value is -0.890. The topological polar surface area (TPSA) is 17.1 Å². The predicted octanol–water partition coefficient (Wildman–Crippen LogP) is 5.20. The molecule has 0 bridgehead atoms. The molecule has 1 aromatic rings. The molecule has 0 saturated heterocycles. The highest BCUT2D eigenvalue weighted by Crippen LogP contribution is 2.32. The van der Waals surface area contributed by atoms with Crippen molar-refractivity contribution in [2.24, 2.45) is 11.8 Å². The average Bonchev–Trinajstić information content (AvgIpc) is 2.45. The van der Waals surface area contributed by atoms with E-state index in [2.05, 4.69) is 6.92 Å². The van der Waals surface area contributed by atoms with Gasteiger partial charge in [-0.1, -0.05) is 43.5 Å². The predicted molar refractivity (Wildman–Crippen MR) is 80.5 cm³/mol. The SMILES string of the molecule is CCCC1CCC(C(=O)Cc2cccc(Cl)c2F)CC1. The van der Waals surface area contributed by atoms with E-state index in [9.17, 15) is 9.18 Å². The molecule has 1 nitrogen and oxygen atoms in total. The van der Waals surface area contributed by atoms with Crippen LogP contribution in [0.2, 0.25) is 5.02 Å². The van der Waals surface area contributed by atoms with Gasteiger partial charge in [-0.15, -0.1) is 0 Å².